The predicted molar refractivity (Wildman–Crippen MR) is 81.9 cm³/mol. The molecule has 1 atom stereocenters. The number of morpholine rings is 1. The molecule has 0 radical (unpaired) electrons. The Labute approximate surface area is 134 Å². The Bertz CT molecular complexity index is 628. The zero-order chi connectivity index (χ0) is 16.4. The van der Waals surface area contributed by atoms with Gasteiger partial charge >= 0.3 is 0 Å². The number of likely N-dealkylation sites (tertiary alicyclic amines) is 1. The largest absolute Gasteiger partial charge is 0.370 e. The van der Waals surface area contributed by atoms with Crippen molar-refractivity contribution in [2.45, 2.75) is 6.10 Å². The fourth-order valence-electron chi connectivity index (χ4n) is 2.96. The van der Waals surface area contributed by atoms with Crippen molar-refractivity contribution >= 4 is 11.8 Å². The zero-order valence-corrected chi connectivity index (χ0v) is 12.8. The maximum atomic E-state index is 13.3. The lowest BCUT2D eigenvalue weighted by molar-refractivity contribution is -0.152. The van der Waals surface area contributed by atoms with Crippen molar-refractivity contribution in [3.63, 3.8) is 0 Å². The topological polar surface area (TPSA) is 49.9 Å². The van der Waals surface area contributed by atoms with Crippen LogP contribution in [0.5, 0.6) is 0 Å². The van der Waals surface area contributed by atoms with Gasteiger partial charge in [0.05, 0.1) is 19.1 Å². The summed E-state index contributed by atoms with van der Waals surface area (Å²) in [6, 6.07) is 6.26. The van der Waals surface area contributed by atoms with E-state index in [-0.39, 0.29) is 29.7 Å². The predicted octanol–water partition coefficient (Wildman–Crippen LogP) is 1.37. The van der Waals surface area contributed by atoms with Crippen LogP contribution in [0.4, 0.5) is 4.39 Å². The maximum Gasteiger partial charge on any atom is 0.246 e. The smallest absolute Gasteiger partial charge is 0.246 e. The Kier molecular flexibility index (Phi) is 4.43. The lowest BCUT2D eigenvalue weighted by Crippen LogP contribution is -2.57. The summed E-state index contributed by atoms with van der Waals surface area (Å²) >= 11 is 0. The second-order valence-electron chi connectivity index (χ2n) is 5.84. The molecule has 2 aliphatic heterocycles. The first-order valence-electron chi connectivity index (χ1n) is 7.65. The van der Waals surface area contributed by atoms with E-state index in [0.717, 1.165) is 5.56 Å². The standard InChI is InChI=1S/C17H19FN2O3/c1-2-16(21)20-9-13(10-20)17(22)19-6-7-23-15(11-19)12-4-3-5-14(18)8-12/h2-5,8,13,15H,1,6-7,9-11H2. The second-order valence-corrected chi connectivity index (χ2v) is 5.84. The van der Waals surface area contributed by atoms with Crippen molar-refractivity contribution in [3.8, 4) is 0 Å². The van der Waals surface area contributed by atoms with Crippen molar-refractivity contribution in [2.24, 2.45) is 5.92 Å². The minimum atomic E-state index is -0.313. The van der Waals surface area contributed by atoms with E-state index in [1.54, 1.807) is 21.9 Å². The van der Waals surface area contributed by atoms with E-state index in [4.69, 9.17) is 4.74 Å². The number of nitrogens with zero attached hydrogens (tertiary/aromatic N) is 2. The molecule has 6 heteroatoms. The van der Waals surface area contributed by atoms with Crippen molar-refractivity contribution in [1.82, 2.24) is 9.80 Å². The molecule has 2 saturated heterocycles. The van der Waals surface area contributed by atoms with E-state index in [1.165, 1.54) is 18.2 Å². The highest BCUT2D eigenvalue weighted by Gasteiger charge is 2.38. The Balaban J connectivity index is 1.60. The molecular weight excluding hydrogens is 299 g/mol. The second kappa shape index (κ2) is 6.50. The summed E-state index contributed by atoms with van der Waals surface area (Å²) in [4.78, 5) is 27.3. The number of hydrogen-bond acceptors (Lipinski definition) is 3. The lowest BCUT2D eigenvalue weighted by atomic mass is 9.97. The minimum Gasteiger partial charge on any atom is -0.370 e. The minimum absolute atomic E-state index is 0.0304. The van der Waals surface area contributed by atoms with Gasteiger partial charge in [0.2, 0.25) is 11.8 Å². The summed E-state index contributed by atoms with van der Waals surface area (Å²) in [7, 11) is 0. The van der Waals surface area contributed by atoms with E-state index in [9.17, 15) is 14.0 Å². The first kappa shape index (κ1) is 15.7. The van der Waals surface area contributed by atoms with E-state index >= 15 is 0 Å². The molecule has 1 unspecified atom stereocenters. The lowest BCUT2D eigenvalue weighted by Gasteiger charge is -2.42. The summed E-state index contributed by atoms with van der Waals surface area (Å²) in [5, 5.41) is 0. The van der Waals surface area contributed by atoms with Crippen LogP contribution in [0.3, 0.4) is 0 Å². The molecule has 1 aromatic rings. The molecule has 2 heterocycles. The van der Waals surface area contributed by atoms with Gasteiger partial charge in [-0.15, -0.1) is 0 Å². The number of carbonyl (C=O) groups excluding carboxylic acids is 2. The first-order valence-corrected chi connectivity index (χ1v) is 7.65. The molecule has 23 heavy (non-hydrogen) atoms. The van der Waals surface area contributed by atoms with Crippen molar-refractivity contribution in [1.29, 1.82) is 0 Å². The fraction of sp³-hybridized carbons (Fsp3) is 0.412. The number of amides is 2. The monoisotopic (exact) mass is 318 g/mol. The van der Waals surface area contributed by atoms with Gasteiger partial charge in [-0.3, -0.25) is 9.59 Å². The highest BCUT2D eigenvalue weighted by molar-refractivity contribution is 5.90. The number of carbonyl (C=O) groups is 2. The molecule has 0 aliphatic carbocycles. The van der Waals surface area contributed by atoms with Crippen LogP contribution >= 0.6 is 0 Å². The van der Waals surface area contributed by atoms with Gasteiger partial charge in [-0.1, -0.05) is 18.7 Å². The normalized spacial score (nSPS) is 21.7. The van der Waals surface area contributed by atoms with Crippen LogP contribution in [0.15, 0.2) is 36.9 Å². The Hall–Kier alpha value is -2.21. The molecule has 1 aromatic carbocycles. The van der Waals surface area contributed by atoms with Gasteiger partial charge in [-0.05, 0) is 23.8 Å². The SMILES string of the molecule is C=CC(=O)N1CC(C(=O)N2CCOC(c3cccc(F)c3)C2)C1. The first-order chi connectivity index (χ1) is 11.1. The number of hydrogen-bond donors (Lipinski definition) is 0. The third kappa shape index (κ3) is 3.27. The van der Waals surface area contributed by atoms with Crippen LogP contribution < -0.4 is 0 Å². The van der Waals surface area contributed by atoms with Crippen LogP contribution in [0.1, 0.15) is 11.7 Å². The molecule has 122 valence electrons. The number of benzene rings is 1. The highest BCUT2D eigenvalue weighted by atomic mass is 19.1. The van der Waals surface area contributed by atoms with Crippen molar-refractivity contribution in [2.75, 3.05) is 32.8 Å². The summed E-state index contributed by atoms with van der Waals surface area (Å²) in [6.07, 6.45) is 0.949. The molecule has 0 bridgehead atoms. The van der Waals surface area contributed by atoms with Gasteiger partial charge in [0, 0.05) is 19.6 Å². The molecule has 3 rings (SSSR count). The number of rotatable bonds is 3. The van der Waals surface area contributed by atoms with Gasteiger partial charge in [0.25, 0.3) is 0 Å². The average molecular weight is 318 g/mol. The van der Waals surface area contributed by atoms with E-state index in [2.05, 4.69) is 6.58 Å². The average Bonchev–Trinajstić information content (AvgIpc) is 2.53. The number of halogens is 1. The third-order valence-corrected chi connectivity index (χ3v) is 4.32. The maximum absolute atomic E-state index is 13.3. The van der Waals surface area contributed by atoms with Crippen molar-refractivity contribution < 1.29 is 18.7 Å². The van der Waals surface area contributed by atoms with Gasteiger partial charge in [0.15, 0.2) is 0 Å². The molecule has 0 N–H and O–H groups in total. The molecule has 2 fully saturated rings. The van der Waals surface area contributed by atoms with Crippen LogP contribution in [0.25, 0.3) is 0 Å². The van der Waals surface area contributed by atoms with E-state index < -0.39 is 0 Å². The summed E-state index contributed by atoms with van der Waals surface area (Å²) < 4.78 is 19.0. The molecule has 2 aliphatic rings. The fourth-order valence-corrected chi connectivity index (χ4v) is 2.96. The summed E-state index contributed by atoms with van der Waals surface area (Å²) in [6.45, 7) is 5.67. The van der Waals surface area contributed by atoms with Crippen LogP contribution in [0.2, 0.25) is 0 Å². The molecule has 0 saturated carbocycles. The van der Waals surface area contributed by atoms with Gasteiger partial charge < -0.3 is 14.5 Å². The molecular formula is C17H19FN2O3. The third-order valence-electron chi connectivity index (χ3n) is 4.32. The van der Waals surface area contributed by atoms with Crippen LogP contribution in [0, 0.1) is 11.7 Å². The van der Waals surface area contributed by atoms with Crippen molar-refractivity contribution in [3.05, 3.63) is 48.3 Å². The summed E-state index contributed by atoms with van der Waals surface area (Å²) in [5.41, 5.74) is 0.736. The quantitative estimate of drug-likeness (QED) is 0.791. The van der Waals surface area contributed by atoms with E-state index in [1.807, 2.05) is 0 Å². The summed E-state index contributed by atoms with van der Waals surface area (Å²) in [5.74, 6) is -0.589. The molecule has 2 amide bonds. The highest BCUT2D eigenvalue weighted by Crippen LogP contribution is 2.26. The van der Waals surface area contributed by atoms with E-state index in [0.29, 0.717) is 32.8 Å². The Morgan fingerprint density at radius 1 is 1.26 bits per heavy atom. The molecule has 0 spiro atoms. The van der Waals surface area contributed by atoms with Crippen LogP contribution in [-0.4, -0.2) is 54.4 Å². The zero-order valence-electron chi connectivity index (χ0n) is 12.8. The Morgan fingerprint density at radius 2 is 2.04 bits per heavy atom. The van der Waals surface area contributed by atoms with Gasteiger partial charge in [0.1, 0.15) is 11.9 Å². The molecule has 0 aromatic heterocycles. The molecule has 5 nitrogen and oxygen atoms in total. The van der Waals surface area contributed by atoms with Gasteiger partial charge in [-0.2, -0.15) is 0 Å². The number of ether oxygens (including phenoxy) is 1. The van der Waals surface area contributed by atoms with Gasteiger partial charge in [-0.25, -0.2) is 4.39 Å². The van der Waals surface area contributed by atoms with Crippen LogP contribution in [-0.2, 0) is 14.3 Å². The Morgan fingerprint density at radius 3 is 2.74 bits per heavy atom.